The van der Waals surface area contributed by atoms with Crippen LogP contribution in [0.3, 0.4) is 0 Å². The minimum absolute atomic E-state index is 0.656. The molecule has 25 heavy (non-hydrogen) atoms. The van der Waals surface area contributed by atoms with Crippen LogP contribution in [0.2, 0.25) is 0 Å². The molecule has 0 saturated carbocycles. The van der Waals surface area contributed by atoms with Crippen molar-refractivity contribution in [2.45, 2.75) is 26.9 Å². The lowest BCUT2D eigenvalue weighted by molar-refractivity contribution is 0.462. The van der Waals surface area contributed by atoms with Gasteiger partial charge in [0.25, 0.3) is 0 Å². The fraction of sp³-hybridized carbons (Fsp3) is 0.211. The van der Waals surface area contributed by atoms with Crippen LogP contribution in [0.15, 0.2) is 53.1 Å². The quantitative estimate of drug-likeness (QED) is 0.607. The van der Waals surface area contributed by atoms with E-state index in [2.05, 4.69) is 58.1 Å². The molecule has 0 aliphatic heterocycles. The molecule has 0 amide bonds. The van der Waals surface area contributed by atoms with Gasteiger partial charge in [-0.05, 0) is 48.0 Å². The molecule has 0 aliphatic carbocycles. The molecular formula is C19H19N5O. The second kappa shape index (κ2) is 6.49. The zero-order valence-electron chi connectivity index (χ0n) is 14.2. The van der Waals surface area contributed by atoms with E-state index in [-0.39, 0.29) is 0 Å². The summed E-state index contributed by atoms with van der Waals surface area (Å²) in [5, 5.41) is 15.4. The molecule has 6 nitrogen and oxygen atoms in total. The molecule has 3 aromatic heterocycles. The highest BCUT2D eigenvalue weighted by molar-refractivity contribution is 5.67. The van der Waals surface area contributed by atoms with Gasteiger partial charge in [0.15, 0.2) is 5.65 Å². The lowest BCUT2D eigenvalue weighted by atomic mass is 10.0. The van der Waals surface area contributed by atoms with E-state index in [1.54, 1.807) is 4.52 Å². The molecule has 1 aromatic carbocycles. The van der Waals surface area contributed by atoms with Crippen molar-refractivity contribution in [1.29, 1.82) is 0 Å². The molecule has 0 bridgehead atoms. The number of nitrogens with zero attached hydrogens (tertiary/aromatic N) is 4. The molecule has 0 unspecified atom stereocenters. The lowest BCUT2D eigenvalue weighted by Gasteiger charge is -2.08. The topological polar surface area (TPSA) is 68.2 Å². The molecule has 1 N–H and O–H groups in total. The molecule has 0 fully saturated rings. The minimum atomic E-state index is 0.656. The van der Waals surface area contributed by atoms with Gasteiger partial charge in [0.1, 0.15) is 11.5 Å². The van der Waals surface area contributed by atoms with E-state index in [0.29, 0.717) is 13.1 Å². The Bertz CT molecular complexity index is 1020. The minimum Gasteiger partial charge on any atom is -0.465 e. The maximum Gasteiger partial charge on any atom is 0.183 e. The third kappa shape index (κ3) is 3.29. The molecule has 3 heterocycles. The van der Waals surface area contributed by atoms with Crippen LogP contribution in [-0.2, 0) is 13.1 Å². The van der Waals surface area contributed by atoms with E-state index in [4.69, 9.17) is 4.42 Å². The van der Waals surface area contributed by atoms with E-state index in [1.165, 1.54) is 5.56 Å². The highest BCUT2D eigenvalue weighted by atomic mass is 16.3. The number of tetrazole rings is 1. The van der Waals surface area contributed by atoms with Crippen LogP contribution in [0.4, 0.5) is 0 Å². The molecule has 0 aliphatic rings. The Morgan fingerprint density at radius 3 is 2.76 bits per heavy atom. The van der Waals surface area contributed by atoms with Crippen LogP contribution >= 0.6 is 0 Å². The first-order chi connectivity index (χ1) is 12.2. The van der Waals surface area contributed by atoms with Crippen molar-refractivity contribution < 1.29 is 4.42 Å². The maximum atomic E-state index is 5.59. The normalized spacial score (nSPS) is 11.3. The monoisotopic (exact) mass is 333 g/mol. The van der Waals surface area contributed by atoms with E-state index in [1.807, 2.05) is 25.3 Å². The maximum absolute atomic E-state index is 5.59. The smallest absolute Gasteiger partial charge is 0.183 e. The standard InChI is InChI=1S/C19H19N5O/c1-13-4-3-5-15(8-13)17-9-16(19-21-22-23-24(19)12-17)10-20-11-18-7-6-14(2)25-18/h3-9,12,20H,10-11H2,1-2H3. The van der Waals surface area contributed by atoms with Crippen molar-refractivity contribution in [2.75, 3.05) is 0 Å². The second-order valence-corrected chi connectivity index (χ2v) is 6.19. The fourth-order valence-electron chi connectivity index (χ4n) is 2.93. The molecule has 4 aromatic rings. The molecule has 126 valence electrons. The first kappa shape index (κ1) is 15.5. The molecule has 4 rings (SSSR count). The summed E-state index contributed by atoms with van der Waals surface area (Å²) in [6, 6.07) is 14.5. The number of benzene rings is 1. The van der Waals surface area contributed by atoms with E-state index < -0.39 is 0 Å². The summed E-state index contributed by atoms with van der Waals surface area (Å²) in [4.78, 5) is 0. The SMILES string of the molecule is Cc1cccc(-c2cc(CNCc3ccc(C)o3)c3nnnn3c2)c1. The van der Waals surface area contributed by atoms with Gasteiger partial charge in [0, 0.05) is 23.9 Å². The number of aryl methyl sites for hydroxylation is 2. The highest BCUT2D eigenvalue weighted by Crippen LogP contribution is 2.23. The van der Waals surface area contributed by atoms with Crippen LogP contribution in [0.5, 0.6) is 0 Å². The van der Waals surface area contributed by atoms with Gasteiger partial charge in [-0.15, -0.1) is 5.10 Å². The van der Waals surface area contributed by atoms with E-state index in [0.717, 1.165) is 33.9 Å². The Labute approximate surface area is 145 Å². The van der Waals surface area contributed by atoms with Crippen LogP contribution in [0.25, 0.3) is 16.8 Å². The number of hydrogen-bond donors (Lipinski definition) is 1. The molecular weight excluding hydrogens is 314 g/mol. The average molecular weight is 333 g/mol. The van der Waals surface area contributed by atoms with Gasteiger partial charge in [0.2, 0.25) is 0 Å². The zero-order valence-corrected chi connectivity index (χ0v) is 14.2. The molecule has 0 atom stereocenters. The van der Waals surface area contributed by atoms with Crippen molar-refractivity contribution in [1.82, 2.24) is 25.4 Å². The van der Waals surface area contributed by atoms with Gasteiger partial charge in [-0.1, -0.05) is 29.8 Å². The van der Waals surface area contributed by atoms with Crippen molar-refractivity contribution in [3.63, 3.8) is 0 Å². The van der Waals surface area contributed by atoms with Crippen molar-refractivity contribution in [3.05, 3.63) is 71.3 Å². The Hall–Kier alpha value is -2.99. The van der Waals surface area contributed by atoms with Gasteiger partial charge in [-0.2, -0.15) is 4.52 Å². The highest BCUT2D eigenvalue weighted by Gasteiger charge is 2.09. The fourth-order valence-corrected chi connectivity index (χ4v) is 2.93. The van der Waals surface area contributed by atoms with Gasteiger partial charge in [-0.25, -0.2) is 0 Å². The average Bonchev–Trinajstić information content (AvgIpc) is 3.23. The summed E-state index contributed by atoms with van der Waals surface area (Å²) in [6.07, 6.45) is 1.96. The van der Waals surface area contributed by atoms with Crippen LogP contribution < -0.4 is 5.32 Å². The Kier molecular flexibility index (Phi) is 4.03. The third-order valence-corrected chi connectivity index (χ3v) is 4.13. The van der Waals surface area contributed by atoms with Crippen LogP contribution in [0, 0.1) is 13.8 Å². The van der Waals surface area contributed by atoms with Gasteiger partial charge in [-0.3, -0.25) is 0 Å². The van der Waals surface area contributed by atoms with Gasteiger partial charge < -0.3 is 9.73 Å². The molecule has 0 saturated heterocycles. The zero-order chi connectivity index (χ0) is 17.2. The summed E-state index contributed by atoms with van der Waals surface area (Å²) >= 11 is 0. The number of aromatic nitrogens is 4. The van der Waals surface area contributed by atoms with Crippen molar-refractivity contribution in [2.24, 2.45) is 0 Å². The summed E-state index contributed by atoms with van der Waals surface area (Å²) < 4.78 is 7.32. The number of hydrogen-bond acceptors (Lipinski definition) is 5. The molecule has 0 spiro atoms. The lowest BCUT2D eigenvalue weighted by Crippen LogP contribution is -2.13. The van der Waals surface area contributed by atoms with Crippen LogP contribution in [0.1, 0.15) is 22.6 Å². The Morgan fingerprint density at radius 1 is 1.04 bits per heavy atom. The number of pyridine rings is 1. The number of rotatable bonds is 5. The van der Waals surface area contributed by atoms with Crippen LogP contribution in [-0.4, -0.2) is 20.0 Å². The number of furan rings is 1. The van der Waals surface area contributed by atoms with E-state index in [9.17, 15) is 0 Å². The Balaban J connectivity index is 1.62. The second-order valence-electron chi connectivity index (χ2n) is 6.19. The first-order valence-electron chi connectivity index (χ1n) is 8.23. The number of fused-ring (bicyclic) bond motifs is 1. The first-order valence-corrected chi connectivity index (χ1v) is 8.23. The third-order valence-electron chi connectivity index (χ3n) is 4.13. The van der Waals surface area contributed by atoms with Gasteiger partial charge in [0.05, 0.1) is 6.54 Å². The summed E-state index contributed by atoms with van der Waals surface area (Å²) in [7, 11) is 0. The number of nitrogens with one attached hydrogen (secondary N) is 1. The predicted molar refractivity (Wildman–Crippen MR) is 94.9 cm³/mol. The summed E-state index contributed by atoms with van der Waals surface area (Å²) in [6.45, 7) is 5.35. The predicted octanol–water partition coefficient (Wildman–Crippen LogP) is 3.29. The van der Waals surface area contributed by atoms with Crippen molar-refractivity contribution in [3.8, 4) is 11.1 Å². The van der Waals surface area contributed by atoms with Crippen molar-refractivity contribution >= 4 is 5.65 Å². The largest absolute Gasteiger partial charge is 0.465 e. The summed E-state index contributed by atoms with van der Waals surface area (Å²) in [5.41, 5.74) is 5.28. The Morgan fingerprint density at radius 2 is 1.96 bits per heavy atom. The van der Waals surface area contributed by atoms with Gasteiger partial charge >= 0.3 is 0 Å². The molecule has 0 radical (unpaired) electrons. The van der Waals surface area contributed by atoms with E-state index >= 15 is 0 Å². The summed E-state index contributed by atoms with van der Waals surface area (Å²) in [5.74, 6) is 1.84. The molecule has 6 heteroatoms.